The minimum absolute atomic E-state index is 0.847. The number of rotatable bonds is 2. The molecule has 0 saturated carbocycles. The molecule has 1 fully saturated rings. The van der Waals surface area contributed by atoms with Crippen LogP contribution in [0.5, 0.6) is 0 Å². The molecule has 0 radical (unpaired) electrons. The lowest BCUT2D eigenvalue weighted by Gasteiger charge is -2.06. The van der Waals surface area contributed by atoms with Crippen molar-refractivity contribution in [3.8, 4) is 0 Å². The van der Waals surface area contributed by atoms with Gasteiger partial charge in [0.25, 0.3) is 0 Å². The Balaban J connectivity index is 2.10. The Morgan fingerprint density at radius 3 is 2.29 bits per heavy atom. The summed E-state index contributed by atoms with van der Waals surface area (Å²) in [4.78, 5) is 2.47. The van der Waals surface area contributed by atoms with Crippen LogP contribution in [0.3, 0.4) is 0 Å². The summed E-state index contributed by atoms with van der Waals surface area (Å²) >= 11 is 0. The van der Waals surface area contributed by atoms with Crippen LogP contribution in [-0.2, 0) is 0 Å². The third-order valence-corrected chi connectivity index (χ3v) is 1.70. The van der Waals surface area contributed by atoms with Gasteiger partial charge < -0.3 is 0 Å². The first-order valence-corrected chi connectivity index (χ1v) is 3.08. The van der Waals surface area contributed by atoms with Crippen LogP contribution in [0, 0.1) is 0 Å². The van der Waals surface area contributed by atoms with E-state index in [4.69, 9.17) is 0 Å². The Kier molecular flexibility index (Phi) is 1.33. The fraction of sp³-hybridized carbons (Fsp3) is 1.00. The first-order valence-electron chi connectivity index (χ1n) is 3.08. The minimum Gasteiger partial charge on any atom is -0.298 e. The second-order valence-electron chi connectivity index (χ2n) is 2.29. The average Bonchev–Trinajstić information content (AvgIpc) is 2.44. The average molecular weight is 99.2 g/mol. The fourth-order valence-corrected chi connectivity index (χ4v) is 0.757. The lowest BCUT2D eigenvalue weighted by Crippen LogP contribution is -2.11. The summed E-state index contributed by atoms with van der Waals surface area (Å²) in [5.41, 5.74) is 0. The van der Waals surface area contributed by atoms with Gasteiger partial charge in [0.05, 0.1) is 0 Å². The van der Waals surface area contributed by atoms with Crippen LogP contribution < -0.4 is 0 Å². The van der Waals surface area contributed by atoms with E-state index in [9.17, 15) is 0 Å². The summed E-state index contributed by atoms with van der Waals surface area (Å²) in [6.45, 7) is 7.21. The van der Waals surface area contributed by atoms with Gasteiger partial charge in [-0.1, -0.05) is 6.92 Å². The van der Waals surface area contributed by atoms with E-state index in [1.807, 2.05) is 0 Å². The second kappa shape index (κ2) is 1.83. The van der Waals surface area contributed by atoms with E-state index in [1.165, 1.54) is 19.5 Å². The molecule has 0 aromatic carbocycles. The summed E-state index contributed by atoms with van der Waals surface area (Å²) in [5.74, 6) is 0. The first-order chi connectivity index (χ1) is 3.34. The second-order valence-corrected chi connectivity index (χ2v) is 2.29. The summed E-state index contributed by atoms with van der Waals surface area (Å²) in [5, 5.41) is 0. The van der Waals surface area contributed by atoms with Crippen molar-refractivity contribution in [3.05, 3.63) is 0 Å². The Bertz CT molecular complexity index is 57.2. The van der Waals surface area contributed by atoms with E-state index in [0.29, 0.717) is 0 Å². The molecule has 0 aromatic rings. The molecule has 0 amide bonds. The molecule has 1 heteroatoms. The fourth-order valence-electron chi connectivity index (χ4n) is 0.757. The summed E-state index contributed by atoms with van der Waals surface area (Å²) in [7, 11) is 0. The standard InChI is InChI=1S/C6H13N/c1-3-6(2)7-4-5-7/h6H,3-5H2,1-2H3/t6-/m0/s1. The molecule has 1 rings (SSSR count). The lowest BCUT2D eigenvalue weighted by molar-refractivity contribution is 0.417. The van der Waals surface area contributed by atoms with Gasteiger partial charge in [-0.2, -0.15) is 0 Å². The van der Waals surface area contributed by atoms with Crippen molar-refractivity contribution in [2.45, 2.75) is 26.3 Å². The summed E-state index contributed by atoms with van der Waals surface area (Å²) in [6.07, 6.45) is 1.31. The number of hydrogen-bond acceptors (Lipinski definition) is 1. The van der Waals surface area contributed by atoms with E-state index >= 15 is 0 Å². The molecular formula is C6H13N. The molecule has 0 N–H and O–H groups in total. The molecule has 0 aromatic heterocycles. The highest BCUT2D eigenvalue weighted by Crippen LogP contribution is 2.11. The molecule has 0 aliphatic carbocycles. The minimum atomic E-state index is 0.847. The summed E-state index contributed by atoms with van der Waals surface area (Å²) < 4.78 is 0. The van der Waals surface area contributed by atoms with Gasteiger partial charge in [-0.05, 0) is 13.3 Å². The van der Waals surface area contributed by atoms with Crippen LogP contribution in [0.4, 0.5) is 0 Å². The first kappa shape index (κ1) is 5.10. The maximum absolute atomic E-state index is 2.47. The third kappa shape index (κ3) is 1.16. The molecule has 1 saturated heterocycles. The molecule has 0 bridgehead atoms. The van der Waals surface area contributed by atoms with Crippen LogP contribution in [0.2, 0.25) is 0 Å². The Morgan fingerprint density at radius 2 is 2.14 bits per heavy atom. The zero-order valence-electron chi connectivity index (χ0n) is 5.15. The van der Waals surface area contributed by atoms with Crippen LogP contribution in [-0.4, -0.2) is 24.0 Å². The van der Waals surface area contributed by atoms with Crippen molar-refractivity contribution < 1.29 is 0 Å². The van der Waals surface area contributed by atoms with Gasteiger partial charge in [-0.3, -0.25) is 4.90 Å². The smallest absolute Gasteiger partial charge is 0.0113 e. The van der Waals surface area contributed by atoms with Crippen molar-refractivity contribution in [2.75, 3.05) is 13.1 Å². The van der Waals surface area contributed by atoms with Gasteiger partial charge in [0, 0.05) is 19.1 Å². The highest BCUT2D eigenvalue weighted by Gasteiger charge is 2.21. The Morgan fingerprint density at radius 1 is 1.57 bits per heavy atom. The Labute approximate surface area is 45.3 Å². The monoisotopic (exact) mass is 99.1 g/mol. The van der Waals surface area contributed by atoms with Crippen molar-refractivity contribution in [1.82, 2.24) is 4.90 Å². The molecule has 0 spiro atoms. The van der Waals surface area contributed by atoms with E-state index in [0.717, 1.165) is 6.04 Å². The molecular weight excluding hydrogens is 86.1 g/mol. The predicted molar refractivity (Wildman–Crippen MR) is 31.3 cm³/mol. The molecule has 42 valence electrons. The van der Waals surface area contributed by atoms with Gasteiger partial charge in [0.2, 0.25) is 0 Å². The SMILES string of the molecule is CC[C@H](C)N1CC1. The van der Waals surface area contributed by atoms with Crippen LogP contribution in [0.15, 0.2) is 0 Å². The van der Waals surface area contributed by atoms with Crippen molar-refractivity contribution in [3.63, 3.8) is 0 Å². The highest BCUT2D eigenvalue weighted by atomic mass is 15.3. The predicted octanol–water partition coefficient (Wildman–Crippen LogP) is 1.10. The van der Waals surface area contributed by atoms with Crippen LogP contribution in [0.25, 0.3) is 0 Å². The lowest BCUT2D eigenvalue weighted by atomic mass is 10.3. The van der Waals surface area contributed by atoms with Crippen molar-refractivity contribution in [2.24, 2.45) is 0 Å². The Hall–Kier alpha value is -0.0400. The topological polar surface area (TPSA) is 3.01 Å². The summed E-state index contributed by atoms with van der Waals surface area (Å²) in [6, 6.07) is 0.847. The highest BCUT2D eigenvalue weighted by molar-refractivity contribution is 4.77. The molecule has 1 heterocycles. The molecule has 0 unspecified atom stereocenters. The van der Waals surface area contributed by atoms with Crippen LogP contribution in [0.1, 0.15) is 20.3 Å². The largest absolute Gasteiger partial charge is 0.298 e. The van der Waals surface area contributed by atoms with E-state index in [1.54, 1.807) is 0 Å². The molecule has 1 atom stereocenters. The quantitative estimate of drug-likeness (QED) is 0.468. The zero-order valence-corrected chi connectivity index (χ0v) is 5.15. The van der Waals surface area contributed by atoms with Crippen molar-refractivity contribution in [1.29, 1.82) is 0 Å². The van der Waals surface area contributed by atoms with Crippen LogP contribution >= 0.6 is 0 Å². The van der Waals surface area contributed by atoms with Gasteiger partial charge in [-0.15, -0.1) is 0 Å². The maximum Gasteiger partial charge on any atom is 0.0113 e. The van der Waals surface area contributed by atoms with E-state index in [-0.39, 0.29) is 0 Å². The molecule has 7 heavy (non-hydrogen) atoms. The van der Waals surface area contributed by atoms with Crippen molar-refractivity contribution >= 4 is 0 Å². The third-order valence-electron chi connectivity index (χ3n) is 1.70. The number of nitrogens with zero attached hydrogens (tertiary/aromatic N) is 1. The van der Waals surface area contributed by atoms with Gasteiger partial charge in [-0.25, -0.2) is 0 Å². The zero-order chi connectivity index (χ0) is 5.28. The molecule has 1 aliphatic rings. The normalized spacial score (nSPS) is 24.9. The molecule has 1 nitrogen and oxygen atoms in total. The van der Waals surface area contributed by atoms with Gasteiger partial charge in [0.15, 0.2) is 0 Å². The number of hydrogen-bond donors (Lipinski definition) is 0. The maximum atomic E-state index is 2.47. The van der Waals surface area contributed by atoms with Gasteiger partial charge in [0.1, 0.15) is 0 Å². The van der Waals surface area contributed by atoms with E-state index in [2.05, 4.69) is 18.7 Å². The molecule has 1 aliphatic heterocycles. The van der Waals surface area contributed by atoms with Gasteiger partial charge >= 0.3 is 0 Å². The van der Waals surface area contributed by atoms with E-state index < -0.39 is 0 Å².